The predicted molar refractivity (Wildman–Crippen MR) is 122 cm³/mol. The minimum Gasteiger partial charge on any atom is -0.361 e. The Morgan fingerprint density at radius 1 is 1.23 bits per heavy atom. The summed E-state index contributed by atoms with van der Waals surface area (Å²) in [4.78, 5) is 10.3. The molecule has 1 aliphatic rings. The number of aromatic nitrogens is 1. The van der Waals surface area contributed by atoms with Gasteiger partial charge in [-0.2, -0.15) is 0 Å². The first-order chi connectivity index (χ1) is 12.3. The van der Waals surface area contributed by atoms with E-state index in [0.717, 1.165) is 32.0 Å². The molecule has 1 aliphatic heterocycles. The Balaban J connectivity index is 0.00000243. The van der Waals surface area contributed by atoms with E-state index in [1.165, 1.54) is 42.3 Å². The molecule has 0 amide bonds. The Morgan fingerprint density at radius 2 is 2.04 bits per heavy atom. The first kappa shape index (κ1) is 21.0. The SMILES string of the molecule is CN=C(NCCc1c[nH]c2ccccc12)NCCN1CCCCC1C.I. The van der Waals surface area contributed by atoms with Gasteiger partial charge in [0.2, 0.25) is 0 Å². The van der Waals surface area contributed by atoms with Gasteiger partial charge in [-0.1, -0.05) is 24.6 Å². The van der Waals surface area contributed by atoms with Crippen molar-refractivity contribution in [2.75, 3.05) is 33.2 Å². The summed E-state index contributed by atoms with van der Waals surface area (Å²) in [5, 5.41) is 8.18. The molecule has 0 radical (unpaired) electrons. The lowest BCUT2D eigenvalue weighted by molar-refractivity contribution is 0.163. The summed E-state index contributed by atoms with van der Waals surface area (Å²) in [6.07, 6.45) is 7.13. The van der Waals surface area contributed by atoms with Gasteiger partial charge < -0.3 is 15.6 Å². The van der Waals surface area contributed by atoms with Crippen molar-refractivity contribution in [3.05, 3.63) is 36.0 Å². The second-order valence-electron chi connectivity index (χ2n) is 6.92. The highest BCUT2D eigenvalue weighted by Gasteiger charge is 2.17. The van der Waals surface area contributed by atoms with Crippen LogP contribution in [0.25, 0.3) is 10.9 Å². The molecule has 6 heteroatoms. The summed E-state index contributed by atoms with van der Waals surface area (Å²) < 4.78 is 0. The number of guanidine groups is 1. The molecule has 5 nitrogen and oxygen atoms in total. The zero-order chi connectivity index (χ0) is 17.5. The summed E-state index contributed by atoms with van der Waals surface area (Å²) in [7, 11) is 1.84. The first-order valence-electron chi connectivity index (χ1n) is 9.51. The number of nitrogens with one attached hydrogen (secondary N) is 3. The Labute approximate surface area is 174 Å². The molecular formula is C20H32IN5. The van der Waals surface area contributed by atoms with Crippen molar-refractivity contribution in [1.82, 2.24) is 20.5 Å². The number of piperidine rings is 1. The van der Waals surface area contributed by atoms with E-state index in [2.05, 4.69) is 62.9 Å². The summed E-state index contributed by atoms with van der Waals surface area (Å²) in [5.41, 5.74) is 2.55. The molecule has 144 valence electrons. The van der Waals surface area contributed by atoms with Gasteiger partial charge in [-0.15, -0.1) is 24.0 Å². The normalized spacial score (nSPS) is 18.5. The smallest absolute Gasteiger partial charge is 0.191 e. The van der Waals surface area contributed by atoms with Crippen LogP contribution in [0.1, 0.15) is 31.7 Å². The Bertz CT molecular complexity index is 696. The van der Waals surface area contributed by atoms with Gasteiger partial charge in [-0.3, -0.25) is 9.89 Å². The summed E-state index contributed by atoms with van der Waals surface area (Å²) in [5.74, 6) is 0.893. The van der Waals surface area contributed by atoms with E-state index in [0.29, 0.717) is 6.04 Å². The average molecular weight is 469 g/mol. The fourth-order valence-corrected chi connectivity index (χ4v) is 3.68. The number of nitrogens with zero attached hydrogens (tertiary/aromatic N) is 2. The third-order valence-electron chi connectivity index (χ3n) is 5.22. The van der Waals surface area contributed by atoms with Gasteiger partial charge in [-0.05, 0) is 44.4 Å². The van der Waals surface area contributed by atoms with Crippen LogP contribution in [0.4, 0.5) is 0 Å². The number of rotatable bonds is 6. The number of likely N-dealkylation sites (tertiary alicyclic amines) is 1. The number of halogens is 1. The number of hydrogen-bond acceptors (Lipinski definition) is 2. The van der Waals surface area contributed by atoms with Crippen molar-refractivity contribution in [3.63, 3.8) is 0 Å². The fraction of sp³-hybridized carbons (Fsp3) is 0.550. The lowest BCUT2D eigenvalue weighted by Crippen LogP contribution is -2.45. The molecule has 1 aromatic heterocycles. The third kappa shape index (κ3) is 5.61. The van der Waals surface area contributed by atoms with Gasteiger partial charge in [0.1, 0.15) is 0 Å². The second kappa shape index (κ2) is 10.8. The zero-order valence-corrected chi connectivity index (χ0v) is 18.3. The Kier molecular flexibility index (Phi) is 8.71. The maximum absolute atomic E-state index is 4.34. The van der Waals surface area contributed by atoms with E-state index >= 15 is 0 Å². The van der Waals surface area contributed by atoms with Crippen LogP contribution in [0.3, 0.4) is 0 Å². The molecule has 3 N–H and O–H groups in total. The van der Waals surface area contributed by atoms with Crippen molar-refractivity contribution in [2.45, 2.75) is 38.6 Å². The molecule has 2 aromatic rings. The van der Waals surface area contributed by atoms with Gasteiger partial charge in [0, 0.05) is 49.8 Å². The lowest BCUT2D eigenvalue weighted by Gasteiger charge is -2.33. The highest BCUT2D eigenvalue weighted by Crippen LogP contribution is 2.17. The number of hydrogen-bond donors (Lipinski definition) is 3. The van der Waals surface area contributed by atoms with Gasteiger partial charge >= 0.3 is 0 Å². The van der Waals surface area contributed by atoms with Crippen LogP contribution >= 0.6 is 24.0 Å². The van der Waals surface area contributed by atoms with Gasteiger partial charge in [-0.25, -0.2) is 0 Å². The standard InChI is InChI=1S/C20H31N5.HI/c1-16-7-5-6-13-25(16)14-12-23-20(21-2)22-11-10-17-15-24-19-9-4-3-8-18(17)19;/h3-4,8-9,15-16,24H,5-7,10-14H2,1-2H3,(H2,21,22,23);1H. The maximum atomic E-state index is 4.34. The van der Waals surface area contributed by atoms with E-state index < -0.39 is 0 Å². The van der Waals surface area contributed by atoms with E-state index in [4.69, 9.17) is 0 Å². The fourth-order valence-electron chi connectivity index (χ4n) is 3.68. The zero-order valence-electron chi connectivity index (χ0n) is 15.9. The first-order valence-corrected chi connectivity index (χ1v) is 9.51. The van der Waals surface area contributed by atoms with Crippen LogP contribution in [0.15, 0.2) is 35.5 Å². The number of aromatic amines is 1. The molecule has 3 rings (SSSR count). The van der Waals surface area contributed by atoms with Crippen molar-refractivity contribution in [2.24, 2.45) is 4.99 Å². The summed E-state index contributed by atoms with van der Waals surface area (Å²) in [6.45, 7) is 6.48. The molecule has 2 heterocycles. The summed E-state index contributed by atoms with van der Waals surface area (Å²) in [6, 6.07) is 9.17. The number of fused-ring (bicyclic) bond motifs is 1. The third-order valence-corrected chi connectivity index (χ3v) is 5.22. The van der Waals surface area contributed by atoms with Crippen molar-refractivity contribution >= 4 is 40.8 Å². The topological polar surface area (TPSA) is 55.5 Å². The van der Waals surface area contributed by atoms with Crippen LogP contribution in [0, 0.1) is 0 Å². The Hall–Kier alpha value is -1.28. The van der Waals surface area contributed by atoms with Gasteiger partial charge in [0.05, 0.1) is 0 Å². The van der Waals surface area contributed by atoms with Crippen LogP contribution in [-0.2, 0) is 6.42 Å². The van der Waals surface area contributed by atoms with Crippen LogP contribution < -0.4 is 10.6 Å². The van der Waals surface area contributed by atoms with E-state index in [-0.39, 0.29) is 24.0 Å². The second-order valence-corrected chi connectivity index (χ2v) is 6.92. The molecule has 0 bridgehead atoms. The van der Waals surface area contributed by atoms with E-state index in [9.17, 15) is 0 Å². The highest BCUT2D eigenvalue weighted by molar-refractivity contribution is 14.0. The minimum absolute atomic E-state index is 0. The molecule has 1 unspecified atom stereocenters. The van der Waals surface area contributed by atoms with Crippen molar-refractivity contribution in [1.29, 1.82) is 0 Å². The van der Waals surface area contributed by atoms with Crippen molar-refractivity contribution in [3.8, 4) is 0 Å². The minimum atomic E-state index is 0. The largest absolute Gasteiger partial charge is 0.361 e. The molecule has 1 saturated heterocycles. The molecule has 1 aromatic carbocycles. The van der Waals surface area contributed by atoms with Gasteiger partial charge in [0.25, 0.3) is 0 Å². The van der Waals surface area contributed by atoms with Crippen LogP contribution in [-0.4, -0.2) is 55.1 Å². The van der Waals surface area contributed by atoms with E-state index in [1.807, 2.05) is 7.05 Å². The number of H-pyrrole nitrogens is 1. The molecule has 0 saturated carbocycles. The maximum Gasteiger partial charge on any atom is 0.191 e. The average Bonchev–Trinajstić information content (AvgIpc) is 3.05. The van der Waals surface area contributed by atoms with Crippen LogP contribution in [0.2, 0.25) is 0 Å². The predicted octanol–water partition coefficient (Wildman–Crippen LogP) is 3.37. The molecular weight excluding hydrogens is 437 g/mol. The molecule has 0 aliphatic carbocycles. The quantitative estimate of drug-likeness (QED) is 0.346. The molecule has 1 atom stereocenters. The Morgan fingerprint density at radius 3 is 2.85 bits per heavy atom. The molecule has 26 heavy (non-hydrogen) atoms. The monoisotopic (exact) mass is 469 g/mol. The van der Waals surface area contributed by atoms with Gasteiger partial charge in [0.15, 0.2) is 5.96 Å². The van der Waals surface area contributed by atoms with Crippen molar-refractivity contribution < 1.29 is 0 Å². The lowest BCUT2D eigenvalue weighted by atomic mass is 10.0. The molecule has 0 spiro atoms. The number of benzene rings is 1. The summed E-state index contributed by atoms with van der Waals surface area (Å²) >= 11 is 0. The van der Waals surface area contributed by atoms with Crippen LogP contribution in [0.5, 0.6) is 0 Å². The number of para-hydroxylation sites is 1. The van der Waals surface area contributed by atoms with E-state index in [1.54, 1.807) is 0 Å². The molecule has 1 fully saturated rings. The highest BCUT2D eigenvalue weighted by atomic mass is 127. The number of aliphatic imine (C=N–C) groups is 1.